The highest BCUT2D eigenvalue weighted by atomic mass is 19.4. The number of benzene rings is 1. The molecule has 8 heteroatoms. The van der Waals surface area contributed by atoms with Gasteiger partial charge in [0.15, 0.2) is 0 Å². The Morgan fingerprint density at radius 2 is 1.85 bits per heavy atom. The van der Waals surface area contributed by atoms with Crippen LogP contribution < -0.4 is 9.47 Å². The molecule has 1 aromatic heterocycles. The van der Waals surface area contributed by atoms with Gasteiger partial charge < -0.3 is 9.47 Å². The summed E-state index contributed by atoms with van der Waals surface area (Å²) >= 11 is 0. The average molecular weight is 365 g/mol. The summed E-state index contributed by atoms with van der Waals surface area (Å²) in [4.78, 5) is 2.39. The van der Waals surface area contributed by atoms with Gasteiger partial charge in [0.2, 0.25) is 5.88 Å². The molecule has 3 fully saturated rings. The Labute approximate surface area is 148 Å². The molecule has 4 heterocycles. The number of alkyl halides is 3. The number of halogens is 3. The first-order chi connectivity index (χ1) is 12.5. The lowest BCUT2D eigenvalue weighted by Crippen LogP contribution is -2.52. The number of rotatable bonds is 4. The van der Waals surface area contributed by atoms with Crippen molar-refractivity contribution < 1.29 is 22.6 Å². The van der Waals surface area contributed by atoms with Gasteiger partial charge in [0.25, 0.3) is 0 Å². The van der Waals surface area contributed by atoms with Crippen LogP contribution in [0.1, 0.15) is 12.8 Å². The molecule has 26 heavy (non-hydrogen) atoms. The van der Waals surface area contributed by atoms with Crippen LogP contribution in [0.15, 0.2) is 36.4 Å². The predicted octanol–water partition coefficient (Wildman–Crippen LogP) is 3.52. The SMILES string of the molecule is FC(F)(F)Oc1cccc(-c2ccc(OC3CN4CCC3CC4)nn2)c1. The largest absolute Gasteiger partial charge is 0.573 e. The van der Waals surface area contributed by atoms with E-state index in [2.05, 4.69) is 19.8 Å². The molecule has 1 aromatic carbocycles. The van der Waals surface area contributed by atoms with Gasteiger partial charge in [-0.3, -0.25) is 4.90 Å². The lowest BCUT2D eigenvalue weighted by atomic mass is 9.86. The molecule has 138 valence electrons. The first kappa shape index (κ1) is 17.1. The monoisotopic (exact) mass is 365 g/mol. The molecular weight excluding hydrogens is 347 g/mol. The summed E-state index contributed by atoms with van der Waals surface area (Å²) in [6.07, 6.45) is -2.32. The maximum Gasteiger partial charge on any atom is 0.573 e. The lowest BCUT2D eigenvalue weighted by Gasteiger charge is -2.44. The molecule has 0 radical (unpaired) electrons. The molecule has 2 aromatic rings. The average Bonchev–Trinajstić information content (AvgIpc) is 2.62. The number of piperidine rings is 3. The smallest absolute Gasteiger partial charge is 0.472 e. The van der Waals surface area contributed by atoms with Crippen molar-refractivity contribution in [3.8, 4) is 22.9 Å². The molecule has 3 saturated heterocycles. The molecule has 3 aliphatic heterocycles. The Morgan fingerprint density at radius 3 is 2.46 bits per heavy atom. The predicted molar refractivity (Wildman–Crippen MR) is 87.7 cm³/mol. The Bertz CT molecular complexity index is 759. The molecule has 0 aliphatic carbocycles. The minimum absolute atomic E-state index is 0.126. The van der Waals surface area contributed by atoms with Crippen LogP contribution in [0.5, 0.6) is 11.6 Å². The van der Waals surface area contributed by atoms with Gasteiger partial charge in [0, 0.05) is 18.2 Å². The summed E-state index contributed by atoms with van der Waals surface area (Å²) in [6.45, 7) is 3.17. The minimum atomic E-state index is -4.72. The Balaban J connectivity index is 1.45. The molecule has 0 N–H and O–H groups in total. The van der Waals surface area contributed by atoms with Gasteiger partial charge in [-0.25, -0.2) is 0 Å². The van der Waals surface area contributed by atoms with Gasteiger partial charge in [-0.05, 0) is 50.0 Å². The number of fused-ring (bicyclic) bond motifs is 3. The Morgan fingerprint density at radius 1 is 1.04 bits per heavy atom. The summed E-state index contributed by atoms with van der Waals surface area (Å²) in [5, 5.41) is 8.17. The maximum absolute atomic E-state index is 12.3. The number of nitrogens with zero attached hydrogens (tertiary/aromatic N) is 3. The van der Waals surface area contributed by atoms with E-state index < -0.39 is 6.36 Å². The van der Waals surface area contributed by atoms with Crippen molar-refractivity contribution in [3.63, 3.8) is 0 Å². The van der Waals surface area contributed by atoms with Crippen molar-refractivity contribution >= 4 is 0 Å². The topological polar surface area (TPSA) is 47.5 Å². The molecule has 5 nitrogen and oxygen atoms in total. The van der Waals surface area contributed by atoms with Crippen molar-refractivity contribution in [1.29, 1.82) is 0 Å². The quantitative estimate of drug-likeness (QED) is 0.830. The van der Waals surface area contributed by atoms with Gasteiger partial charge in [0.1, 0.15) is 11.9 Å². The lowest BCUT2D eigenvalue weighted by molar-refractivity contribution is -0.274. The van der Waals surface area contributed by atoms with E-state index >= 15 is 0 Å². The van der Waals surface area contributed by atoms with E-state index in [1.54, 1.807) is 18.2 Å². The van der Waals surface area contributed by atoms with Gasteiger partial charge in [-0.1, -0.05) is 12.1 Å². The van der Waals surface area contributed by atoms with Crippen molar-refractivity contribution in [1.82, 2.24) is 15.1 Å². The summed E-state index contributed by atoms with van der Waals surface area (Å²) < 4.78 is 47.0. The third-order valence-electron chi connectivity index (χ3n) is 4.87. The molecule has 2 bridgehead atoms. The fraction of sp³-hybridized carbons (Fsp3) is 0.444. The summed E-state index contributed by atoms with van der Waals surface area (Å²) in [7, 11) is 0. The molecular formula is C18H18F3N3O2. The first-order valence-electron chi connectivity index (χ1n) is 8.55. The standard InChI is InChI=1S/C18H18F3N3O2/c19-18(20,21)26-14-3-1-2-13(10-14)15-4-5-17(23-22-15)25-16-11-24-8-6-12(16)7-9-24/h1-5,10,12,16H,6-9,11H2. The third kappa shape index (κ3) is 3.90. The molecule has 1 unspecified atom stereocenters. The van der Waals surface area contributed by atoms with Gasteiger partial charge >= 0.3 is 6.36 Å². The zero-order chi connectivity index (χ0) is 18.1. The molecule has 5 rings (SSSR count). The van der Waals surface area contributed by atoms with Gasteiger partial charge in [0.05, 0.1) is 5.69 Å². The number of hydrogen-bond donors (Lipinski definition) is 0. The van der Waals surface area contributed by atoms with Crippen molar-refractivity contribution in [2.24, 2.45) is 5.92 Å². The van der Waals surface area contributed by atoms with E-state index in [0.29, 0.717) is 23.1 Å². The fourth-order valence-electron chi connectivity index (χ4n) is 3.59. The van der Waals surface area contributed by atoms with Crippen molar-refractivity contribution in [2.45, 2.75) is 25.3 Å². The van der Waals surface area contributed by atoms with E-state index in [4.69, 9.17) is 4.74 Å². The highest BCUT2D eigenvalue weighted by Crippen LogP contribution is 2.31. The molecule has 0 spiro atoms. The van der Waals surface area contributed by atoms with Crippen LogP contribution in [-0.4, -0.2) is 47.2 Å². The van der Waals surface area contributed by atoms with Gasteiger partial charge in [-0.2, -0.15) is 0 Å². The number of hydrogen-bond acceptors (Lipinski definition) is 5. The van der Waals surface area contributed by atoms with Gasteiger partial charge in [-0.15, -0.1) is 23.4 Å². The van der Waals surface area contributed by atoms with E-state index in [1.807, 2.05) is 0 Å². The van der Waals surface area contributed by atoms with E-state index in [-0.39, 0.29) is 11.9 Å². The normalized spacial score (nSPS) is 25.1. The maximum atomic E-state index is 12.3. The third-order valence-corrected chi connectivity index (χ3v) is 4.87. The Kier molecular flexibility index (Phi) is 4.44. The van der Waals surface area contributed by atoms with Crippen LogP contribution in [0, 0.1) is 5.92 Å². The molecule has 0 amide bonds. The fourth-order valence-corrected chi connectivity index (χ4v) is 3.59. The van der Waals surface area contributed by atoms with Crippen LogP contribution >= 0.6 is 0 Å². The highest BCUT2D eigenvalue weighted by Gasteiger charge is 2.35. The van der Waals surface area contributed by atoms with E-state index in [0.717, 1.165) is 32.5 Å². The van der Waals surface area contributed by atoms with E-state index in [1.165, 1.54) is 18.2 Å². The van der Waals surface area contributed by atoms with Crippen LogP contribution in [0.2, 0.25) is 0 Å². The summed E-state index contributed by atoms with van der Waals surface area (Å²) in [5.74, 6) is 0.706. The van der Waals surface area contributed by atoms with Crippen LogP contribution in [0.3, 0.4) is 0 Å². The van der Waals surface area contributed by atoms with Crippen LogP contribution in [0.4, 0.5) is 13.2 Å². The van der Waals surface area contributed by atoms with Crippen LogP contribution in [0.25, 0.3) is 11.3 Å². The number of aromatic nitrogens is 2. The van der Waals surface area contributed by atoms with Crippen LogP contribution in [-0.2, 0) is 0 Å². The first-order valence-corrected chi connectivity index (χ1v) is 8.55. The van der Waals surface area contributed by atoms with E-state index in [9.17, 15) is 13.2 Å². The summed E-state index contributed by atoms with van der Waals surface area (Å²) in [5.41, 5.74) is 0.951. The van der Waals surface area contributed by atoms with Crippen molar-refractivity contribution in [2.75, 3.05) is 19.6 Å². The van der Waals surface area contributed by atoms with Crippen molar-refractivity contribution in [3.05, 3.63) is 36.4 Å². The molecule has 3 aliphatic rings. The summed E-state index contributed by atoms with van der Waals surface area (Å²) in [6, 6.07) is 9.06. The second-order valence-corrected chi connectivity index (χ2v) is 6.63. The second-order valence-electron chi connectivity index (χ2n) is 6.63. The highest BCUT2D eigenvalue weighted by molar-refractivity contribution is 5.60. The molecule has 0 saturated carbocycles. The molecule has 1 atom stereocenters. The zero-order valence-electron chi connectivity index (χ0n) is 13.9. The minimum Gasteiger partial charge on any atom is -0.472 e. The Hall–Kier alpha value is -2.35. The second kappa shape index (κ2) is 6.75. The zero-order valence-corrected chi connectivity index (χ0v) is 13.9. The number of ether oxygens (including phenoxy) is 2.